The summed E-state index contributed by atoms with van der Waals surface area (Å²) < 4.78 is 5.14. The Morgan fingerprint density at radius 1 is 1.43 bits per heavy atom. The van der Waals surface area contributed by atoms with Crippen LogP contribution in [0.5, 0.6) is 0 Å². The summed E-state index contributed by atoms with van der Waals surface area (Å²) in [7, 11) is 0. The number of nitrogens with two attached hydrogens (primary N) is 1. The first-order chi connectivity index (χ1) is 12.5. The number of anilines is 1. The van der Waals surface area contributed by atoms with Gasteiger partial charge in [0.2, 0.25) is 5.91 Å². The molecule has 2 aromatic rings. The van der Waals surface area contributed by atoms with Gasteiger partial charge in [-0.3, -0.25) is 14.9 Å². The topological polar surface area (TPSA) is 101 Å². The van der Waals surface area contributed by atoms with Gasteiger partial charge in [-0.1, -0.05) is 0 Å². The molecule has 2 aromatic heterocycles. The smallest absolute Gasteiger partial charge is 0.260 e. The minimum atomic E-state index is -0.267. The van der Waals surface area contributed by atoms with Crippen molar-refractivity contribution in [1.82, 2.24) is 9.88 Å². The van der Waals surface area contributed by atoms with Gasteiger partial charge in [0.05, 0.1) is 23.9 Å². The van der Waals surface area contributed by atoms with Crippen molar-refractivity contribution in [3.05, 3.63) is 34.7 Å². The fraction of sp³-hybridized carbons (Fsp3) is 0.500. The van der Waals surface area contributed by atoms with Gasteiger partial charge in [-0.25, -0.2) is 4.98 Å². The summed E-state index contributed by atoms with van der Waals surface area (Å²) in [5, 5.41) is 5.03. The van der Waals surface area contributed by atoms with E-state index >= 15 is 0 Å². The van der Waals surface area contributed by atoms with Crippen LogP contribution in [0, 0.1) is 6.92 Å². The quantitative estimate of drug-likeness (QED) is 0.729. The Balaban J connectivity index is 0.00000196. The molecule has 0 aromatic carbocycles. The predicted octanol–water partition coefficient (Wildman–Crippen LogP) is 3.41. The molecule has 10 heteroatoms. The molecule has 2 unspecified atom stereocenters. The zero-order valence-electron chi connectivity index (χ0n) is 15.8. The maximum absolute atomic E-state index is 12.7. The van der Waals surface area contributed by atoms with Crippen molar-refractivity contribution in [2.24, 2.45) is 5.73 Å². The minimum Gasteiger partial charge on any atom is -0.469 e. The third-order valence-electron chi connectivity index (χ3n) is 4.68. The molecule has 1 saturated heterocycles. The number of rotatable bonds is 5. The first-order valence-electron chi connectivity index (χ1n) is 8.80. The molecule has 156 valence electrons. The number of carbonyl (C=O) groups excluding carboxylic acids is 2. The lowest BCUT2D eigenvalue weighted by atomic mass is 9.96. The van der Waals surface area contributed by atoms with Gasteiger partial charge in [-0.15, -0.1) is 36.2 Å². The highest BCUT2D eigenvalue weighted by atomic mass is 35.5. The maximum Gasteiger partial charge on any atom is 0.260 e. The molecule has 2 amide bonds. The number of nitrogens with zero attached hydrogens (tertiary/aromatic N) is 2. The van der Waals surface area contributed by atoms with E-state index in [1.807, 2.05) is 11.8 Å². The molecule has 0 aliphatic carbocycles. The van der Waals surface area contributed by atoms with E-state index in [0.29, 0.717) is 22.1 Å². The molecule has 0 saturated carbocycles. The van der Waals surface area contributed by atoms with E-state index in [1.165, 1.54) is 17.6 Å². The summed E-state index contributed by atoms with van der Waals surface area (Å²) in [5.41, 5.74) is 7.18. The Labute approximate surface area is 180 Å². The Morgan fingerprint density at radius 2 is 2.18 bits per heavy atom. The second kappa shape index (κ2) is 10.8. The number of amides is 2. The van der Waals surface area contributed by atoms with E-state index in [1.54, 1.807) is 18.4 Å². The number of hydrogen-bond donors (Lipinski definition) is 2. The molecule has 7 nitrogen and oxygen atoms in total. The van der Waals surface area contributed by atoms with Crippen LogP contribution in [0.25, 0.3) is 0 Å². The standard InChI is InChI=1S/C18H24N4O3S.2ClH/c1-11(19)15-5-3-4-7-22(15)16(23)9-13-10-26-18(20-13)21-17(24)14-6-8-25-12(14)2;;/h6,8,10-11,15H,3-5,7,9,19H2,1-2H3,(H,20,21,24);2*1H. The lowest BCUT2D eigenvalue weighted by molar-refractivity contribution is -0.134. The average molecular weight is 449 g/mol. The fourth-order valence-corrected chi connectivity index (χ4v) is 4.01. The Bertz CT molecular complexity index is 793. The van der Waals surface area contributed by atoms with Gasteiger partial charge < -0.3 is 15.1 Å². The number of piperidine rings is 1. The third-order valence-corrected chi connectivity index (χ3v) is 5.49. The Kier molecular flexibility index (Phi) is 9.43. The van der Waals surface area contributed by atoms with Crippen molar-refractivity contribution in [3.63, 3.8) is 0 Å². The van der Waals surface area contributed by atoms with Gasteiger partial charge in [-0.05, 0) is 39.2 Å². The van der Waals surface area contributed by atoms with Gasteiger partial charge in [0, 0.05) is 24.0 Å². The Morgan fingerprint density at radius 3 is 2.82 bits per heavy atom. The van der Waals surface area contributed by atoms with Gasteiger partial charge >= 0.3 is 0 Å². The number of aromatic nitrogens is 1. The number of thiazole rings is 1. The molecular weight excluding hydrogens is 423 g/mol. The number of carbonyl (C=O) groups is 2. The lowest BCUT2D eigenvalue weighted by Crippen LogP contribution is -2.52. The van der Waals surface area contributed by atoms with Gasteiger partial charge in [0.1, 0.15) is 5.76 Å². The number of hydrogen-bond acceptors (Lipinski definition) is 6. The van der Waals surface area contributed by atoms with Gasteiger partial charge in [0.25, 0.3) is 5.91 Å². The van der Waals surface area contributed by atoms with Crippen molar-refractivity contribution in [2.45, 2.75) is 51.6 Å². The van der Waals surface area contributed by atoms with Gasteiger partial charge in [-0.2, -0.15) is 0 Å². The molecule has 0 spiro atoms. The summed E-state index contributed by atoms with van der Waals surface area (Å²) in [4.78, 5) is 31.1. The molecule has 1 aliphatic rings. The van der Waals surface area contributed by atoms with Gasteiger partial charge in [0.15, 0.2) is 5.13 Å². The first kappa shape index (κ1) is 24.4. The molecule has 3 rings (SSSR count). The number of likely N-dealkylation sites (tertiary alicyclic amines) is 1. The second-order valence-corrected chi connectivity index (χ2v) is 7.53. The van der Waals surface area contributed by atoms with E-state index in [-0.39, 0.29) is 55.1 Å². The van der Waals surface area contributed by atoms with Crippen LogP contribution in [0.4, 0.5) is 5.13 Å². The molecule has 3 N–H and O–H groups in total. The van der Waals surface area contributed by atoms with Crippen molar-refractivity contribution in [2.75, 3.05) is 11.9 Å². The molecule has 28 heavy (non-hydrogen) atoms. The van der Waals surface area contributed by atoms with Crippen LogP contribution in [0.2, 0.25) is 0 Å². The summed E-state index contributed by atoms with van der Waals surface area (Å²) in [6.07, 6.45) is 4.77. The van der Waals surface area contributed by atoms with E-state index in [9.17, 15) is 9.59 Å². The molecule has 2 atom stereocenters. The second-order valence-electron chi connectivity index (χ2n) is 6.67. The SMILES string of the molecule is Cc1occc1C(=O)Nc1nc(CC(=O)N2CCCCC2C(C)N)cs1.Cl.Cl. The summed E-state index contributed by atoms with van der Waals surface area (Å²) in [6, 6.07) is 1.67. The number of aryl methyl sites for hydroxylation is 1. The van der Waals surface area contributed by atoms with Crippen molar-refractivity contribution in [1.29, 1.82) is 0 Å². The monoisotopic (exact) mass is 448 g/mol. The van der Waals surface area contributed by atoms with Crippen LogP contribution in [0.15, 0.2) is 22.1 Å². The summed E-state index contributed by atoms with van der Waals surface area (Å²) in [5.74, 6) is 0.332. The zero-order valence-corrected chi connectivity index (χ0v) is 18.3. The zero-order chi connectivity index (χ0) is 18.7. The Hall–Kier alpha value is -1.61. The van der Waals surface area contributed by atoms with Crippen LogP contribution in [-0.4, -0.2) is 40.3 Å². The van der Waals surface area contributed by atoms with Crippen LogP contribution >= 0.6 is 36.2 Å². The van der Waals surface area contributed by atoms with E-state index in [4.69, 9.17) is 10.2 Å². The minimum absolute atomic E-state index is 0. The molecule has 1 aliphatic heterocycles. The summed E-state index contributed by atoms with van der Waals surface area (Å²) in [6.45, 7) is 4.43. The lowest BCUT2D eigenvalue weighted by Gasteiger charge is -2.38. The van der Waals surface area contributed by atoms with Crippen molar-refractivity contribution >= 4 is 53.1 Å². The maximum atomic E-state index is 12.7. The van der Waals surface area contributed by atoms with Crippen molar-refractivity contribution in [3.8, 4) is 0 Å². The highest BCUT2D eigenvalue weighted by Gasteiger charge is 2.29. The average Bonchev–Trinajstić information content (AvgIpc) is 3.23. The number of nitrogens with one attached hydrogen (secondary N) is 1. The molecule has 1 fully saturated rings. The molecule has 0 bridgehead atoms. The number of furan rings is 1. The van der Waals surface area contributed by atoms with Crippen LogP contribution in [0.1, 0.15) is 48.0 Å². The van der Waals surface area contributed by atoms with Crippen molar-refractivity contribution < 1.29 is 14.0 Å². The first-order valence-corrected chi connectivity index (χ1v) is 9.68. The highest BCUT2D eigenvalue weighted by molar-refractivity contribution is 7.14. The third kappa shape index (κ3) is 5.70. The van der Waals surface area contributed by atoms with Crippen LogP contribution in [-0.2, 0) is 11.2 Å². The molecule has 3 heterocycles. The van der Waals surface area contributed by atoms with E-state index in [0.717, 1.165) is 25.8 Å². The molecule has 0 radical (unpaired) electrons. The summed E-state index contributed by atoms with van der Waals surface area (Å²) >= 11 is 1.31. The predicted molar refractivity (Wildman–Crippen MR) is 115 cm³/mol. The fourth-order valence-electron chi connectivity index (χ4n) is 3.30. The normalized spacial score (nSPS) is 17.2. The number of halogens is 2. The van der Waals surface area contributed by atoms with Crippen LogP contribution in [0.3, 0.4) is 0 Å². The largest absolute Gasteiger partial charge is 0.469 e. The van der Waals surface area contributed by atoms with Crippen LogP contribution < -0.4 is 11.1 Å². The highest BCUT2D eigenvalue weighted by Crippen LogP contribution is 2.22. The van der Waals surface area contributed by atoms with E-state index in [2.05, 4.69) is 10.3 Å². The molecular formula is C18H26Cl2N4O3S. The van der Waals surface area contributed by atoms with E-state index < -0.39 is 0 Å².